The molecule has 3 N–H and O–H groups in total. The first-order valence-electron chi connectivity index (χ1n) is 9.76. The molecule has 1 heterocycles. The first kappa shape index (κ1) is 21.3. The monoisotopic (exact) mass is 438 g/mol. The number of aromatic carboxylic acids is 1. The van der Waals surface area contributed by atoms with Crippen molar-refractivity contribution in [3.63, 3.8) is 0 Å². The van der Waals surface area contributed by atoms with Crippen LogP contribution in [0.4, 0.5) is 20.2 Å². The molecule has 0 saturated heterocycles. The number of carboxylic acid groups (broad SMARTS) is 1. The first-order chi connectivity index (χ1) is 15.5. The molecule has 0 radical (unpaired) electrons. The Morgan fingerprint density at radius 3 is 2.47 bits per heavy atom. The maximum atomic E-state index is 13.9. The maximum Gasteiger partial charge on any atom is 0.352 e. The van der Waals surface area contributed by atoms with Crippen LogP contribution in [0, 0.1) is 11.6 Å². The second-order valence-corrected chi connectivity index (χ2v) is 7.10. The van der Waals surface area contributed by atoms with E-state index in [1.807, 2.05) is 0 Å². The predicted molar refractivity (Wildman–Crippen MR) is 116 cm³/mol. The van der Waals surface area contributed by atoms with Gasteiger partial charge in [0.05, 0.1) is 20.3 Å². The number of hydrogen-bond donors (Lipinski definition) is 3. The predicted octanol–water partition coefficient (Wildman–Crippen LogP) is 5.61. The number of rotatable bonds is 8. The average Bonchev–Trinajstić information content (AvgIpc) is 3.13. The molecule has 0 aliphatic carbocycles. The highest BCUT2D eigenvalue weighted by molar-refractivity contribution is 5.98. The van der Waals surface area contributed by atoms with Crippen LogP contribution in [0.25, 0.3) is 10.9 Å². The third-order valence-electron chi connectivity index (χ3n) is 5.02. The summed E-state index contributed by atoms with van der Waals surface area (Å²) in [6.07, 6.45) is 0. The van der Waals surface area contributed by atoms with Gasteiger partial charge in [-0.1, -0.05) is 24.3 Å². The summed E-state index contributed by atoms with van der Waals surface area (Å²) in [6.45, 7) is 0.00745. The molecule has 6 nitrogen and oxygen atoms in total. The number of aromatic amines is 1. The molecule has 3 aromatic carbocycles. The molecule has 4 rings (SSSR count). The third kappa shape index (κ3) is 4.40. The lowest BCUT2D eigenvalue weighted by atomic mass is 10.1. The topological polar surface area (TPSA) is 83.6 Å². The van der Waals surface area contributed by atoms with Gasteiger partial charge >= 0.3 is 5.97 Å². The second-order valence-electron chi connectivity index (χ2n) is 7.10. The Hall–Kier alpha value is -3.91. The summed E-state index contributed by atoms with van der Waals surface area (Å²) in [7, 11) is 1.39. The van der Waals surface area contributed by atoms with E-state index in [9.17, 15) is 18.7 Å². The molecule has 164 valence electrons. The van der Waals surface area contributed by atoms with Gasteiger partial charge in [0, 0.05) is 39.5 Å². The number of carbonyl (C=O) groups is 1. The molecule has 0 spiro atoms. The molecule has 0 bridgehead atoms. The Kier molecular flexibility index (Phi) is 6.04. The van der Waals surface area contributed by atoms with E-state index >= 15 is 0 Å². The number of benzene rings is 3. The van der Waals surface area contributed by atoms with Crippen LogP contribution in [-0.4, -0.2) is 23.2 Å². The largest absolute Gasteiger partial charge is 0.494 e. The first-order valence-corrected chi connectivity index (χ1v) is 9.76. The van der Waals surface area contributed by atoms with Gasteiger partial charge in [0.1, 0.15) is 11.5 Å². The van der Waals surface area contributed by atoms with Crippen molar-refractivity contribution in [2.24, 2.45) is 0 Å². The molecule has 0 aliphatic heterocycles. The summed E-state index contributed by atoms with van der Waals surface area (Å²) in [4.78, 5) is 14.6. The minimum absolute atomic E-state index is 0.00109. The third-order valence-corrected chi connectivity index (χ3v) is 5.02. The van der Waals surface area contributed by atoms with Gasteiger partial charge in [-0.2, -0.15) is 0 Å². The zero-order chi connectivity index (χ0) is 22.7. The second kappa shape index (κ2) is 9.07. The number of ether oxygens (including phenoxy) is 2. The zero-order valence-electron chi connectivity index (χ0n) is 17.1. The summed E-state index contributed by atoms with van der Waals surface area (Å²) in [6, 6.07) is 16.0. The normalized spacial score (nSPS) is 11.0. The van der Waals surface area contributed by atoms with Crippen LogP contribution >= 0.6 is 0 Å². The SMILES string of the molecule is COc1ccc(Nc2ccc3c(COCc4ccccc4F)c(C(=O)O)[nH]c3c2)cc1F. The van der Waals surface area contributed by atoms with Crippen molar-refractivity contribution in [1.29, 1.82) is 0 Å². The molecule has 0 unspecified atom stereocenters. The van der Waals surface area contributed by atoms with Crippen molar-refractivity contribution in [3.8, 4) is 5.75 Å². The van der Waals surface area contributed by atoms with Gasteiger partial charge in [-0.25, -0.2) is 13.6 Å². The summed E-state index contributed by atoms with van der Waals surface area (Å²) in [5, 5.41) is 13.3. The van der Waals surface area contributed by atoms with Crippen LogP contribution in [0.1, 0.15) is 21.6 Å². The Bertz CT molecular complexity index is 1290. The summed E-state index contributed by atoms with van der Waals surface area (Å²) >= 11 is 0. The molecule has 0 fully saturated rings. The van der Waals surface area contributed by atoms with Crippen LogP contribution < -0.4 is 10.1 Å². The van der Waals surface area contributed by atoms with Crippen LogP contribution in [0.15, 0.2) is 60.7 Å². The Morgan fingerprint density at radius 2 is 1.75 bits per heavy atom. The van der Waals surface area contributed by atoms with Crippen molar-refractivity contribution in [2.75, 3.05) is 12.4 Å². The highest BCUT2D eigenvalue weighted by atomic mass is 19.1. The fourth-order valence-electron chi connectivity index (χ4n) is 3.46. The minimum atomic E-state index is -1.13. The van der Waals surface area contributed by atoms with Gasteiger partial charge in [-0.3, -0.25) is 0 Å². The lowest BCUT2D eigenvalue weighted by Crippen LogP contribution is -2.03. The number of H-pyrrole nitrogens is 1. The average molecular weight is 438 g/mol. The fourth-order valence-corrected chi connectivity index (χ4v) is 3.46. The highest BCUT2D eigenvalue weighted by Crippen LogP contribution is 2.29. The van der Waals surface area contributed by atoms with E-state index in [1.165, 1.54) is 25.3 Å². The van der Waals surface area contributed by atoms with Crippen molar-refractivity contribution in [3.05, 3.63) is 89.1 Å². The van der Waals surface area contributed by atoms with E-state index in [2.05, 4.69) is 10.3 Å². The van der Waals surface area contributed by atoms with Gasteiger partial charge in [-0.15, -0.1) is 0 Å². The van der Waals surface area contributed by atoms with Crippen molar-refractivity contribution < 1.29 is 28.2 Å². The van der Waals surface area contributed by atoms with Gasteiger partial charge in [0.25, 0.3) is 0 Å². The van der Waals surface area contributed by atoms with Gasteiger partial charge in [-0.05, 0) is 30.3 Å². The van der Waals surface area contributed by atoms with Crippen LogP contribution in [0.3, 0.4) is 0 Å². The molecule has 0 saturated carbocycles. The lowest BCUT2D eigenvalue weighted by molar-refractivity contribution is 0.0678. The molecule has 4 aromatic rings. The minimum Gasteiger partial charge on any atom is -0.494 e. The summed E-state index contributed by atoms with van der Waals surface area (Å²) < 4.78 is 38.3. The summed E-state index contributed by atoms with van der Waals surface area (Å²) in [5.41, 5.74) is 2.58. The highest BCUT2D eigenvalue weighted by Gasteiger charge is 2.18. The number of hydrogen-bond acceptors (Lipinski definition) is 4. The van der Waals surface area contributed by atoms with Crippen LogP contribution in [-0.2, 0) is 18.0 Å². The van der Waals surface area contributed by atoms with E-state index < -0.39 is 11.8 Å². The van der Waals surface area contributed by atoms with Crippen LogP contribution in [0.5, 0.6) is 5.75 Å². The summed E-state index contributed by atoms with van der Waals surface area (Å²) in [5.74, 6) is -1.87. The van der Waals surface area contributed by atoms with E-state index in [0.29, 0.717) is 33.4 Å². The van der Waals surface area contributed by atoms with E-state index in [0.717, 1.165) is 0 Å². The van der Waals surface area contributed by atoms with E-state index in [4.69, 9.17) is 9.47 Å². The number of fused-ring (bicyclic) bond motifs is 1. The number of aromatic nitrogens is 1. The molecule has 32 heavy (non-hydrogen) atoms. The number of anilines is 2. The smallest absolute Gasteiger partial charge is 0.352 e. The number of methoxy groups -OCH3 is 1. The molecule has 8 heteroatoms. The number of carboxylic acids is 1. The fraction of sp³-hybridized carbons (Fsp3) is 0.125. The van der Waals surface area contributed by atoms with Crippen LogP contribution in [0.2, 0.25) is 0 Å². The molecular weight excluding hydrogens is 418 g/mol. The zero-order valence-corrected chi connectivity index (χ0v) is 17.1. The van der Waals surface area contributed by atoms with Crippen molar-refractivity contribution in [2.45, 2.75) is 13.2 Å². The van der Waals surface area contributed by atoms with Gasteiger partial charge in [0.15, 0.2) is 11.6 Å². The van der Waals surface area contributed by atoms with Gasteiger partial charge < -0.3 is 24.9 Å². The Balaban J connectivity index is 1.57. The number of halogens is 2. The maximum absolute atomic E-state index is 13.9. The Labute approximate surface area is 182 Å². The quantitative estimate of drug-likeness (QED) is 0.333. The Morgan fingerprint density at radius 1 is 1.00 bits per heavy atom. The molecule has 0 amide bonds. The standard InChI is InChI=1S/C24H20F2N2O4/c1-31-22-9-7-15(10-20(22)26)27-16-6-8-17-18(23(24(29)30)28-21(17)11-16)13-32-12-14-4-2-3-5-19(14)25/h2-11,27-28H,12-13H2,1H3,(H,29,30). The van der Waals surface area contributed by atoms with E-state index in [-0.39, 0.29) is 30.5 Å². The van der Waals surface area contributed by atoms with Crippen molar-refractivity contribution in [1.82, 2.24) is 4.98 Å². The lowest BCUT2D eigenvalue weighted by Gasteiger charge is -2.09. The van der Waals surface area contributed by atoms with Crippen molar-refractivity contribution >= 4 is 28.2 Å². The molecular formula is C24H20F2N2O4. The molecule has 0 aliphatic rings. The molecule has 1 aromatic heterocycles. The molecule has 0 atom stereocenters. The van der Waals surface area contributed by atoms with E-state index in [1.54, 1.807) is 42.5 Å². The number of nitrogens with one attached hydrogen (secondary N) is 2. The van der Waals surface area contributed by atoms with Gasteiger partial charge in [0.2, 0.25) is 0 Å².